The Morgan fingerprint density at radius 3 is 3.05 bits per heavy atom. The number of aromatic nitrogens is 4. The fourth-order valence-electron chi connectivity index (χ4n) is 1.41. The SMILES string of the molecule is N#CC(=CNc1ccc(Cl)cc1CO)c1nn[nH]n1. The van der Waals surface area contributed by atoms with E-state index < -0.39 is 0 Å². The number of rotatable bonds is 4. The van der Waals surface area contributed by atoms with Crippen LogP contribution in [0, 0.1) is 11.3 Å². The molecule has 2 aromatic rings. The van der Waals surface area contributed by atoms with Crippen LogP contribution in [0.25, 0.3) is 5.57 Å². The maximum Gasteiger partial charge on any atom is 0.216 e. The summed E-state index contributed by atoms with van der Waals surface area (Å²) < 4.78 is 0. The number of allylic oxidation sites excluding steroid dienone is 1. The quantitative estimate of drug-likeness (QED) is 0.727. The summed E-state index contributed by atoms with van der Waals surface area (Å²) in [6.45, 7) is -0.166. The first kappa shape index (κ1) is 13.0. The molecule has 96 valence electrons. The van der Waals surface area contributed by atoms with E-state index in [-0.39, 0.29) is 18.0 Å². The molecule has 1 aromatic carbocycles. The Hall–Kier alpha value is -2.43. The third kappa shape index (κ3) is 3.07. The van der Waals surface area contributed by atoms with Crippen LogP contribution in [0.15, 0.2) is 24.4 Å². The first-order valence-corrected chi connectivity index (χ1v) is 5.62. The molecule has 7 nitrogen and oxygen atoms in total. The lowest BCUT2D eigenvalue weighted by Crippen LogP contribution is -1.97. The zero-order valence-corrected chi connectivity index (χ0v) is 10.4. The second kappa shape index (κ2) is 5.95. The Morgan fingerprint density at radius 2 is 2.42 bits per heavy atom. The Bertz CT molecular complexity index is 631. The Morgan fingerprint density at radius 1 is 1.58 bits per heavy atom. The standard InChI is InChI=1S/C11H9ClN6O/c12-9-1-2-10(7(3-9)6-19)14-5-8(4-13)11-15-17-18-16-11/h1-3,5,14,19H,6H2,(H,15,16,17,18). The first-order chi connectivity index (χ1) is 9.24. The van der Waals surface area contributed by atoms with Crippen molar-refractivity contribution in [3.05, 3.63) is 40.8 Å². The summed E-state index contributed by atoms with van der Waals surface area (Å²) in [4.78, 5) is 0. The zero-order valence-electron chi connectivity index (χ0n) is 9.63. The molecule has 0 atom stereocenters. The van der Waals surface area contributed by atoms with Crippen molar-refractivity contribution in [3.63, 3.8) is 0 Å². The molecule has 0 saturated carbocycles. The molecule has 0 aliphatic heterocycles. The number of aliphatic hydroxyl groups is 1. The molecule has 0 aliphatic rings. The Balaban J connectivity index is 2.24. The first-order valence-electron chi connectivity index (χ1n) is 5.24. The lowest BCUT2D eigenvalue weighted by atomic mass is 10.2. The molecule has 0 spiro atoms. The van der Waals surface area contributed by atoms with Crippen molar-refractivity contribution in [1.29, 1.82) is 5.26 Å². The van der Waals surface area contributed by atoms with Crippen LogP contribution in [0.3, 0.4) is 0 Å². The van der Waals surface area contributed by atoms with Crippen LogP contribution in [0.5, 0.6) is 0 Å². The normalized spacial score (nSPS) is 11.1. The van der Waals surface area contributed by atoms with E-state index in [0.717, 1.165) is 0 Å². The predicted octanol–water partition coefficient (Wildman–Crippen LogP) is 1.32. The topological polar surface area (TPSA) is 111 Å². The maximum absolute atomic E-state index is 9.23. The van der Waals surface area contributed by atoms with Gasteiger partial charge < -0.3 is 10.4 Å². The molecule has 19 heavy (non-hydrogen) atoms. The van der Waals surface area contributed by atoms with E-state index in [1.165, 1.54) is 6.20 Å². The monoisotopic (exact) mass is 276 g/mol. The molecule has 2 rings (SSSR count). The van der Waals surface area contributed by atoms with Gasteiger partial charge in [0, 0.05) is 22.5 Å². The van der Waals surface area contributed by atoms with Crippen LogP contribution in [0.4, 0.5) is 5.69 Å². The van der Waals surface area contributed by atoms with Gasteiger partial charge in [0.1, 0.15) is 11.6 Å². The molecule has 3 N–H and O–H groups in total. The number of nitrogens with one attached hydrogen (secondary N) is 2. The van der Waals surface area contributed by atoms with Crippen molar-refractivity contribution < 1.29 is 5.11 Å². The summed E-state index contributed by atoms with van der Waals surface area (Å²) in [7, 11) is 0. The highest BCUT2D eigenvalue weighted by molar-refractivity contribution is 6.30. The second-order valence-electron chi connectivity index (χ2n) is 3.51. The van der Waals surface area contributed by atoms with E-state index in [9.17, 15) is 5.11 Å². The summed E-state index contributed by atoms with van der Waals surface area (Å²) in [6.07, 6.45) is 1.44. The van der Waals surface area contributed by atoms with Crippen molar-refractivity contribution in [2.45, 2.75) is 6.61 Å². The molecule has 0 saturated heterocycles. The van der Waals surface area contributed by atoms with Crippen molar-refractivity contribution in [3.8, 4) is 6.07 Å². The summed E-state index contributed by atoms with van der Waals surface area (Å²) in [5.74, 6) is 0.189. The van der Waals surface area contributed by atoms with E-state index in [0.29, 0.717) is 16.3 Å². The lowest BCUT2D eigenvalue weighted by Gasteiger charge is -2.07. The number of tetrazole rings is 1. The summed E-state index contributed by atoms with van der Waals surface area (Å²) in [5.41, 5.74) is 1.48. The van der Waals surface area contributed by atoms with Gasteiger partial charge in [0.05, 0.1) is 6.61 Å². The van der Waals surface area contributed by atoms with Crippen LogP contribution in [-0.2, 0) is 6.61 Å². The molecule has 0 bridgehead atoms. The number of benzene rings is 1. The van der Waals surface area contributed by atoms with Gasteiger partial charge in [-0.3, -0.25) is 0 Å². The van der Waals surface area contributed by atoms with Gasteiger partial charge in [-0.25, -0.2) is 0 Å². The number of halogens is 1. The van der Waals surface area contributed by atoms with Crippen molar-refractivity contribution >= 4 is 22.9 Å². The maximum atomic E-state index is 9.23. The van der Waals surface area contributed by atoms with Gasteiger partial charge in [-0.1, -0.05) is 11.6 Å². The smallest absolute Gasteiger partial charge is 0.216 e. The van der Waals surface area contributed by atoms with Gasteiger partial charge in [-0.15, -0.1) is 10.2 Å². The van der Waals surface area contributed by atoms with Crippen LogP contribution >= 0.6 is 11.6 Å². The number of nitriles is 1. The number of nitrogens with zero attached hydrogens (tertiary/aromatic N) is 4. The molecular formula is C11H9ClN6O. The zero-order chi connectivity index (χ0) is 13.7. The third-order valence-corrected chi connectivity index (χ3v) is 2.55. The summed E-state index contributed by atoms with van der Waals surface area (Å²) in [5, 5.41) is 34.7. The molecule has 0 amide bonds. The molecule has 0 aliphatic carbocycles. The predicted molar refractivity (Wildman–Crippen MR) is 68.8 cm³/mol. The summed E-state index contributed by atoms with van der Waals surface area (Å²) in [6, 6.07) is 6.97. The molecule has 0 radical (unpaired) electrons. The third-order valence-electron chi connectivity index (χ3n) is 2.32. The Labute approximate surface area is 113 Å². The molecule has 8 heteroatoms. The minimum absolute atomic E-state index is 0.166. The lowest BCUT2D eigenvalue weighted by molar-refractivity contribution is 0.282. The average molecular weight is 277 g/mol. The molecule has 0 fully saturated rings. The molecule has 0 unspecified atom stereocenters. The van der Waals surface area contributed by atoms with Crippen LogP contribution in [0.1, 0.15) is 11.4 Å². The van der Waals surface area contributed by atoms with E-state index in [4.69, 9.17) is 16.9 Å². The number of anilines is 1. The number of hydrogen-bond donors (Lipinski definition) is 3. The van der Waals surface area contributed by atoms with E-state index in [1.807, 2.05) is 6.07 Å². The van der Waals surface area contributed by atoms with Gasteiger partial charge in [0.15, 0.2) is 0 Å². The van der Waals surface area contributed by atoms with Crippen molar-refractivity contribution in [2.24, 2.45) is 0 Å². The van der Waals surface area contributed by atoms with E-state index in [2.05, 4.69) is 25.9 Å². The molecule has 1 heterocycles. The Kier molecular flexibility index (Phi) is 4.07. The number of aliphatic hydroxyl groups excluding tert-OH is 1. The van der Waals surface area contributed by atoms with E-state index in [1.54, 1.807) is 18.2 Å². The van der Waals surface area contributed by atoms with Crippen LogP contribution in [0.2, 0.25) is 5.02 Å². The number of hydrogen-bond acceptors (Lipinski definition) is 6. The fraction of sp³-hybridized carbons (Fsp3) is 0.0909. The highest BCUT2D eigenvalue weighted by atomic mass is 35.5. The van der Waals surface area contributed by atoms with Gasteiger partial charge >= 0.3 is 0 Å². The minimum Gasteiger partial charge on any atom is -0.392 e. The summed E-state index contributed by atoms with van der Waals surface area (Å²) >= 11 is 5.83. The number of aromatic amines is 1. The number of H-pyrrole nitrogens is 1. The highest BCUT2D eigenvalue weighted by Gasteiger charge is 2.06. The largest absolute Gasteiger partial charge is 0.392 e. The molecule has 1 aromatic heterocycles. The van der Waals surface area contributed by atoms with Crippen LogP contribution in [-0.4, -0.2) is 25.7 Å². The van der Waals surface area contributed by atoms with Gasteiger partial charge in [-0.2, -0.15) is 10.5 Å². The van der Waals surface area contributed by atoms with Gasteiger partial charge in [0.25, 0.3) is 0 Å². The van der Waals surface area contributed by atoms with E-state index >= 15 is 0 Å². The minimum atomic E-state index is -0.166. The fourth-order valence-corrected chi connectivity index (χ4v) is 1.60. The van der Waals surface area contributed by atoms with Gasteiger partial charge in [0.2, 0.25) is 5.82 Å². The average Bonchev–Trinajstić information content (AvgIpc) is 2.94. The second-order valence-corrected chi connectivity index (χ2v) is 3.95. The van der Waals surface area contributed by atoms with Crippen molar-refractivity contribution in [2.75, 3.05) is 5.32 Å². The molecular weight excluding hydrogens is 268 g/mol. The van der Waals surface area contributed by atoms with Crippen LogP contribution < -0.4 is 5.32 Å². The highest BCUT2D eigenvalue weighted by Crippen LogP contribution is 2.21. The van der Waals surface area contributed by atoms with Crippen molar-refractivity contribution in [1.82, 2.24) is 20.6 Å². The van der Waals surface area contributed by atoms with Gasteiger partial charge in [-0.05, 0) is 23.4 Å².